The summed E-state index contributed by atoms with van der Waals surface area (Å²) in [5.41, 5.74) is 0.966. The Kier molecular flexibility index (Phi) is 4.40. The topological polar surface area (TPSA) is 47.0 Å². The zero-order valence-electron chi connectivity index (χ0n) is 11.0. The van der Waals surface area contributed by atoms with E-state index in [1.807, 2.05) is 13.0 Å². The minimum absolute atomic E-state index is 0.0917. The summed E-state index contributed by atoms with van der Waals surface area (Å²) >= 11 is 6.14. The van der Waals surface area contributed by atoms with Gasteiger partial charge in [0, 0.05) is 30.9 Å². The molecule has 0 atom stereocenters. The first kappa shape index (κ1) is 13.6. The minimum atomic E-state index is -0.0917. The maximum absolute atomic E-state index is 6.14. The number of ether oxygens (including phenoxy) is 1. The van der Waals surface area contributed by atoms with Gasteiger partial charge in [0.2, 0.25) is 0 Å². The third-order valence-electron chi connectivity index (χ3n) is 3.35. The van der Waals surface area contributed by atoms with E-state index in [4.69, 9.17) is 16.3 Å². The highest BCUT2D eigenvalue weighted by molar-refractivity contribution is 6.18. The van der Waals surface area contributed by atoms with E-state index < -0.39 is 0 Å². The average molecular weight is 270 g/mol. The molecular formula is C13H20ClN3O. The molecule has 2 heterocycles. The molecule has 1 aromatic rings. The van der Waals surface area contributed by atoms with Crippen molar-refractivity contribution < 1.29 is 4.74 Å². The fourth-order valence-corrected chi connectivity index (χ4v) is 2.53. The zero-order chi connectivity index (χ0) is 13.0. The second-order valence-electron chi connectivity index (χ2n) is 4.80. The lowest BCUT2D eigenvalue weighted by molar-refractivity contribution is 0.0666. The van der Waals surface area contributed by atoms with Gasteiger partial charge in [-0.05, 0) is 26.2 Å². The van der Waals surface area contributed by atoms with Crippen molar-refractivity contribution in [2.24, 2.45) is 0 Å². The van der Waals surface area contributed by atoms with Crippen LogP contribution < -0.4 is 5.32 Å². The van der Waals surface area contributed by atoms with Gasteiger partial charge < -0.3 is 10.1 Å². The van der Waals surface area contributed by atoms with Crippen molar-refractivity contribution in [2.45, 2.75) is 38.6 Å². The zero-order valence-corrected chi connectivity index (χ0v) is 11.8. The van der Waals surface area contributed by atoms with E-state index in [1.54, 1.807) is 0 Å². The van der Waals surface area contributed by atoms with E-state index in [0.717, 1.165) is 49.8 Å². The molecular weight excluding hydrogens is 250 g/mol. The van der Waals surface area contributed by atoms with Gasteiger partial charge in [0.1, 0.15) is 11.6 Å². The van der Waals surface area contributed by atoms with Crippen LogP contribution in [0.15, 0.2) is 6.07 Å². The lowest BCUT2D eigenvalue weighted by atomic mass is 9.92. The van der Waals surface area contributed by atoms with Gasteiger partial charge in [-0.3, -0.25) is 0 Å². The first-order chi connectivity index (χ1) is 8.67. The van der Waals surface area contributed by atoms with Gasteiger partial charge in [0.05, 0.1) is 5.54 Å². The van der Waals surface area contributed by atoms with Crippen LogP contribution >= 0.6 is 11.6 Å². The fourth-order valence-electron chi connectivity index (χ4n) is 2.20. The molecule has 18 heavy (non-hydrogen) atoms. The smallest absolute Gasteiger partial charge is 0.130 e. The Bertz CT molecular complexity index is 405. The SMILES string of the molecule is CCc1cc(NC2(CCl)CCOCC2)nc(C)n1. The van der Waals surface area contributed by atoms with Gasteiger partial charge >= 0.3 is 0 Å². The monoisotopic (exact) mass is 269 g/mol. The van der Waals surface area contributed by atoms with Crippen LogP contribution in [-0.4, -0.2) is 34.6 Å². The van der Waals surface area contributed by atoms with Gasteiger partial charge in [-0.1, -0.05) is 6.92 Å². The van der Waals surface area contributed by atoms with Crippen molar-refractivity contribution >= 4 is 17.4 Å². The number of alkyl halides is 1. The van der Waals surface area contributed by atoms with Crippen molar-refractivity contribution in [3.63, 3.8) is 0 Å². The molecule has 5 heteroatoms. The first-order valence-corrected chi connectivity index (χ1v) is 6.97. The summed E-state index contributed by atoms with van der Waals surface area (Å²) < 4.78 is 5.40. The Morgan fingerprint density at radius 2 is 2.11 bits per heavy atom. The number of nitrogens with one attached hydrogen (secondary N) is 1. The standard InChI is InChI=1S/C13H20ClN3O/c1-3-11-8-12(16-10(2)15-11)17-13(9-14)4-6-18-7-5-13/h8H,3-7,9H2,1-2H3,(H,15,16,17). The average Bonchev–Trinajstić information content (AvgIpc) is 2.39. The van der Waals surface area contributed by atoms with E-state index >= 15 is 0 Å². The number of aryl methyl sites for hydroxylation is 2. The van der Waals surface area contributed by atoms with Gasteiger partial charge in [0.25, 0.3) is 0 Å². The highest BCUT2D eigenvalue weighted by Gasteiger charge is 2.32. The number of hydrogen-bond donors (Lipinski definition) is 1. The van der Waals surface area contributed by atoms with Crippen molar-refractivity contribution in [3.8, 4) is 0 Å². The van der Waals surface area contributed by atoms with Crippen LogP contribution in [-0.2, 0) is 11.2 Å². The highest BCUT2D eigenvalue weighted by Crippen LogP contribution is 2.26. The molecule has 0 amide bonds. The van der Waals surface area contributed by atoms with Crippen LogP contribution in [0.2, 0.25) is 0 Å². The van der Waals surface area contributed by atoms with Gasteiger partial charge in [0.15, 0.2) is 0 Å². The lowest BCUT2D eigenvalue weighted by Gasteiger charge is -2.36. The number of anilines is 1. The fraction of sp³-hybridized carbons (Fsp3) is 0.692. The highest BCUT2D eigenvalue weighted by atomic mass is 35.5. The summed E-state index contributed by atoms with van der Waals surface area (Å²) in [5.74, 6) is 2.25. The summed E-state index contributed by atoms with van der Waals surface area (Å²) in [7, 11) is 0. The van der Waals surface area contributed by atoms with Crippen LogP contribution in [0.1, 0.15) is 31.3 Å². The van der Waals surface area contributed by atoms with Crippen LogP contribution in [0, 0.1) is 6.92 Å². The van der Waals surface area contributed by atoms with E-state index in [2.05, 4.69) is 22.2 Å². The first-order valence-electron chi connectivity index (χ1n) is 6.44. The minimum Gasteiger partial charge on any atom is -0.381 e. The maximum Gasteiger partial charge on any atom is 0.130 e. The van der Waals surface area contributed by atoms with Crippen LogP contribution in [0.3, 0.4) is 0 Å². The summed E-state index contributed by atoms with van der Waals surface area (Å²) in [6.07, 6.45) is 2.75. The molecule has 2 rings (SSSR count). The summed E-state index contributed by atoms with van der Waals surface area (Å²) in [6, 6.07) is 2.01. The molecule has 0 saturated carbocycles. The third-order valence-corrected chi connectivity index (χ3v) is 3.86. The van der Waals surface area contributed by atoms with E-state index in [9.17, 15) is 0 Å². The second-order valence-corrected chi connectivity index (χ2v) is 5.06. The number of halogens is 1. The Morgan fingerprint density at radius 1 is 1.39 bits per heavy atom. The summed E-state index contributed by atoms with van der Waals surface area (Å²) in [5, 5.41) is 3.50. The number of nitrogens with zero attached hydrogens (tertiary/aromatic N) is 2. The number of aromatic nitrogens is 2. The molecule has 1 aliphatic heterocycles. The number of hydrogen-bond acceptors (Lipinski definition) is 4. The largest absolute Gasteiger partial charge is 0.381 e. The Morgan fingerprint density at radius 3 is 2.72 bits per heavy atom. The predicted octanol–water partition coefficient (Wildman–Crippen LogP) is 2.55. The quantitative estimate of drug-likeness (QED) is 0.854. The van der Waals surface area contributed by atoms with Crippen LogP contribution in [0.25, 0.3) is 0 Å². The molecule has 0 radical (unpaired) electrons. The van der Waals surface area contributed by atoms with E-state index in [-0.39, 0.29) is 5.54 Å². The Balaban J connectivity index is 2.18. The normalized spacial score (nSPS) is 18.6. The van der Waals surface area contributed by atoms with Crippen molar-refractivity contribution in [1.29, 1.82) is 0 Å². The molecule has 1 N–H and O–H groups in total. The molecule has 0 unspecified atom stereocenters. The van der Waals surface area contributed by atoms with Crippen molar-refractivity contribution in [1.82, 2.24) is 9.97 Å². The second kappa shape index (κ2) is 5.85. The molecule has 100 valence electrons. The molecule has 0 aromatic carbocycles. The molecule has 1 fully saturated rings. The molecule has 0 spiro atoms. The molecule has 1 aliphatic rings. The van der Waals surface area contributed by atoms with Crippen LogP contribution in [0.4, 0.5) is 5.82 Å². The molecule has 1 saturated heterocycles. The maximum atomic E-state index is 6.14. The van der Waals surface area contributed by atoms with Gasteiger partial charge in [-0.2, -0.15) is 0 Å². The van der Waals surface area contributed by atoms with Crippen molar-refractivity contribution in [3.05, 3.63) is 17.6 Å². The van der Waals surface area contributed by atoms with E-state index in [0.29, 0.717) is 5.88 Å². The predicted molar refractivity (Wildman–Crippen MR) is 73.3 cm³/mol. The van der Waals surface area contributed by atoms with E-state index in [1.165, 1.54) is 0 Å². The van der Waals surface area contributed by atoms with Gasteiger partial charge in [-0.15, -0.1) is 11.6 Å². The molecule has 0 aliphatic carbocycles. The summed E-state index contributed by atoms with van der Waals surface area (Å²) in [4.78, 5) is 8.83. The molecule has 1 aromatic heterocycles. The third kappa shape index (κ3) is 3.12. The van der Waals surface area contributed by atoms with Gasteiger partial charge in [-0.25, -0.2) is 9.97 Å². The van der Waals surface area contributed by atoms with Crippen molar-refractivity contribution in [2.75, 3.05) is 24.4 Å². The Labute approximate surface area is 113 Å². The Hall–Kier alpha value is -0.870. The summed E-state index contributed by atoms with van der Waals surface area (Å²) in [6.45, 7) is 5.52. The lowest BCUT2D eigenvalue weighted by Crippen LogP contribution is -2.45. The van der Waals surface area contributed by atoms with Crippen LogP contribution in [0.5, 0.6) is 0 Å². The molecule has 4 nitrogen and oxygen atoms in total. The number of rotatable bonds is 4. The molecule has 0 bridgehead atoms.